The van der Waals surface area contributed by atoms with E-state index in [-0.39, 0.29) is 12.1 Å². The minimum absolute atomic E-state index is 0.0190. The Morgan fingerprint density at radius 2 is 2.17 bits per heavy atom. The summed E-state index contributed by atoms with van der Waals surface area (Å²) >= 11 is 1.77. The molecule has 2 heterocycles. The molecule has 24 heavy (non-hydrogen) atoms. The van der Waals surface area contributed by atoms with E-state index in [0.717, 1.165) is 30.9 Å². The first-order valence-electron chi connectivity index (χ1n) is 9.40. The second kappa shape index (κ2) is 8.30. The Hall–Kier alpha value is -1.14. The third-order valence-electron chi connectivity index (χ3n) is 5.21. The number of likely N-dealkylation sites (tertiary alicyclic amines) is 1. The maximum atomic E-state index is 12.1. The van der Waals surface area contributed by atoms with Crippen LogP contribution in [0.4, 0.5) is 4.79 Å². The molecular formula is C18H30N4OS. The molecule has 0 radical (unpaired) electrons. The van der Waals surface area contributed by atoms with Gasteiger partial charge in [-0.05, 0) is 58.9 Å². The molecule has 1 aromatic heterocycles. The van der Waals surface area contributed by atoms with Crippen LogP contribution in [0.25, 0.3) is 0 Å². The molecule has 2 aliphatic rings. The van der Waals surface area contributed by atoms with Gasteiger partial charge in [0.05, 0.1) is 11.7 Å². The van der Waals surface area contributed by atoms with Crippen molar-refractivity contribution < 1.29 is 4.79 Å². The van der Waals surface area contributed by atoms with Crippen molar-refractivity contribution >= 4 is 17.4 Å². The van der Waals surface area contributed by atoms with Gasteiger partial charge < -0.3 is 10.6 Å². The highest BCUT2D eigenvalue weighted by Gasteiger charge is 2.20. The molecule has 1 aliphatic carbocycles. The third-order valence-corrected chi connectivity index (χ3v) is 6.55. The zero-order valence-corrected chi connectivity index (χ0v) is 15.8. The van der Waals surface area contributed by atoms with E-state index in [4.69, 9.17) is 4.98 Å². The smallest absolute Gasteiger partial charge is 0.315 e. The Kier molecular flexibility index (Phi) is 6.11. The molecule has 5 nitrogen and oxygen atoms in total. The highest BCUT2D eigenvalue weighted by atomic mass is 32.1. The van der Waals surface area contributed by atoms with Crippen molar-refractivity contribution in [3.05, 3.63) is 15.6 Å². The predicted molar refractivity (Wildman–Crippen MR) is 98.6 cm³/mol. The van der Waals surface area contributed by atoms with Gasteiger partial charge in [0, 0.05) is 24.0 Å². The van der Waals surface area contributed by atoms with Crippen LogP contribution in [0.15, 0.2) is 0 Å². The standard InChI is InChI=1S/C18H30N4OS/c1-13-7-5-6-11-22(13)12-10-19-18(23)20-14(2)17-21-15-8-3-4-9-16(15)24-17/h13-14H,3-12H2,1-2H3,(H2,19,20,23)/t13-,14+/m0/s1. The third kappa shape index (κ3) is 4.48. The molecule has 2 amide bonds. The molecule has 0 aromatic carbocycles. The lowest BCUT2D eigenvalue weighted by atomic mass is 10.0. The number of thiazole rings is 1. The number of aryl methyl sites for hydroxylation is 2. The fourth-order valence-electron chi connectivity index (χ4n) is 3.67. The van der Waals surface area contributed by atoms with E-state index in [1.807, 2.05) is 6.92 Å². The van der Waals surface area contributed by atoms with Gasteiger partial charge in [-0.2, -0.15) is 0 Å². The molecule has 2 N–H and O–H groups in total. The molecule has 0 saturated carbocycles. The quantitative estimate of drug-likeness (QED) is 0.857. The van der Waals surface area contributed by atoms with Gasteiger partial charge in [0.25, 0.3) is 0 Å². The van der Waals surface area contributed by atoms with Crippen LogP contribution in [0, 0.1) is 0 Å². The van der Waals surface area contributed by atoms with Gasteiger partial charge in [-0.3, -0.25) is 4.90 Å². The van der Waals surface area contributed by atoms with E-state index in [1.165, 1.54) is 42.7 Å². The van der Waals surface area contributed by atoms with Crippen molar-refractivity contribution in [2.45, 2.75) is 70.9 Å². The zero-order chi connectivity index (χ0) is 16.9. The summed E-state index contributed by atoms with van der Waals surface area (Å²) < 4.78 is 0. The van der Waals surface area contributed by atoms with E-state index >= 15 is 0 Å². The monoisotopic (exact) mass is 350 g/mol. The molecule has 0 bridgehead atoms. The maximum Gasteiger partial charge on any atom is 0.315 e. The molecule has 1 aliphatic heterocycles. The van der Waals surface area contributed by atoms with Gasteiger partial charge in [-0.25, -0.2) is 9.78 Å². The average molecular weight is 351 g/mol. The number of fused-ring (bicyclic) bond motifs is 1. The summed E-state index contributed by atoms with van der Waals surface area (Å²) in [5, 5.41) is 7.07. The number of nitrogens with one attached hydrogen (secondary N) is 2. The first-order chi connectivity index (χ1) is 11.6. The SMILES string of the molecule is C[C@@H](NC(=O)NCCN1CCCC[C@@H]1C)c1nc2c(s1)CCCC2. The molecule has 0 spiro atoms. The van der Waals surface area contributed by atoms with Crippen LogP contribution in [-0.4, -0.2) is 41.6 Å². The highest BCUT2D eigenvalue weighted by Crippen LogP contribution is 2.29. The normalized spacial score (nSPS) is 22.7. The van der Waals surface area contributed by atoms with Gasteiger partial charge in [0.15, 0.2) is 0 Å². The Bertz CT molecular complexity index is 536. The predicted octanol–water partition coefficient (Wildman–Crippen LogP) is 3.26. The van der Waals surface area contributed by atoms with Crippen LogP contribution < -0.4 is 10.6 Å². The lowest BCUT2D eigenvalue weighted by molar-refractivity contribution is 0.161. The van der Waals surface area contributed by atoms with E-state index in [0.29, 0.717) is 12.6 Å². The second-order valence-corrected chi connectivity index (χ2v) is 8.25. The van der Waals surface area contributed by atoms with Crippen LogP contribution in [0.5, 0.6) is 0 Å². The number of nitrogens with zero attached hydrogens (tertiary/aromatic N) is 2. The Morgan fingerprint density at radius 3 is 2.96 bits per heavy atom. The maximum absolute atomic E-state index is 12.1. The molecule has 1 fully saturated rings. The number of hydrogen-bond acceptors (Lipinski definition) is 4. The zero-order valence-electron chi connectivity index (χ0n) is 14.9. The van der Waals surface area contributed by atoms with Crippen molar-refractivity contribution in [1.82, 2.24) is 20.5 Å². The fourth-order valence-corrected chi connectivity index (χ4v) is 4.83. The molecule has 6 heteroatoms. The number of urea groups is 1. The van der Waals surface area contributed by atoms with E-state index in [9.17, 15) is 4.79 Å². The fraction of sp³-hybridized carbons (Fsp3) is 0.778. The van der Waals surface area contributed by atoms with Gasteiger partial charge in [-0.1, -0.05) is 6.42 Å². The van der Waals surface area contributed by atoms with Crippen molar-refractivity contribution in [2.24, 2.45) is 0 Å². The lowest BCUT2D eigenvalue weighted by Crippen LogP contribution is -2.44. The molecule has 1 aromatic rings. The van der Waals surface area contributed by atoms with Crippen LogP contribution in [0.3, 0.4) is 0 Å². The first-order valence-corrected chi connectivity index (χ1v) is 10.2. The van der Waals surface area contributed by atoms with Crippen molar-refractivity contribution in [3.63, 3.8) is 0 Å². The number of piperidine rings is 1. The number of rotatable bonds is 5. The van der Waals surface area contributed by atoms with Crippen molar-refractivity contribution in [1.29, 1.82) is 0 Å². The number of aromatic nitrogens is 1. The lowest BCUT2D eigenvalue weighted by Gasteiger charge is -2.33. The van der Waals surface area contributed by atoms with Crippen LogP contribution >= 0.6 is 11.3 Å². The Balaban J connectivity index is 1.42. The van der Waals surface area contributed by atoms with Gasteiger partial charge in [0.2, 0.25) is 0 Å². The molecule has 3 rings (SSSR count). The second-order valence-electron chi connectivity index (χ2n) is 7.13. The van der Waals surface area contributed by atoms with Crippen LogP contribution in [0.2, 0.25) is 0 Å². The number of amides is 2. The summed E-state index contributed by atoms with van der Waals surface area (Å²) in [5.74, 6) is 0. The van der Waals surface area contributed by atoms with Crippen molar-refractivity contribution in [2.75, 3.05) is 19.6 Å². The summed E-state index contributed by atoms with van der Waals surface area (Å²) in [4.78, 5) is 20.8. The Labute approximate surface area is 149 Å². The molecule has 0 unspecified atom stereocenters. The molecule has 1 saturated heterocycles. The highest BCUT2D eigenvalue weighted by molar-refractivity contribution is 7.11. The van der Waals surface area contributed by atoms with Crippen molar-refractivity contribution in [3.8, 4) is 0 Å². The Morgan fingerprint density at radius 1 is 1.33 bits per heavy atom. The summed E-state index contributed by atoms with van der Waals surface area (Å²) in [6.07, 6.45) is 8.65. The number of carbonyl (C=O) groups is 1. The average Bonchev–Trinajstić information content (AvgIpc) is 3.01. The summed E-state index contributed by atoms with van der Waals surface area (Å²) in [7, 11) is 0. The molecule has 2 atom stereocenters. The van der Waals surface area contributed by atoms with E-state index in [2.05, 4.69) is 22.5 Å². The number of carbonyl (C=O) groups excluding carboxylic acids is 1. The van der Waals surface area contributed by atoms with Gasteiger partial charge in [-0.15, -0.1) is 11.3 Å². The van der Waals surface area contributed by atoms with E-state index < -0.39 is 0 Å². The van der Waals surface area contributed by atoms with Gasteiger partial charge >= 0.3 is 6.03 Å². The minimum atomic E-state index is -0.0830. The van der Waals surface area contributed by atoms with Crippen LogP contribution in [-0.2, 0) is 12.8 Å². The first kappa shape index (κ1) is 17.7. The van der Waals surface area contributed by atoms with E-state index in [1.54, 1.807) is 11.3 Å². The topological polar surface area (TPSA) is 57.3 Å². The summed E-state index contributed by atoms with van der Waals surface area (Å²) in [6, 6.07) is 0.541. The summed E-state index contributed by atoms with van der Waals surface area (Å²) in [5.41, 5.74) is 1.26. The number of hydrogen-bond donors (Lipinski definition) is 2. The van der Waals surface area contributed by atoms with Gasteiger partial charge in [0.1, 0.15) is 5.01 Å². The van der Waals surface area contributed by atoms with Crippen LogP contribution in [0.1, 0.15) is 67.6 Å². The largest absolute Gasteiger partial charge is 0.337 e. The minimum Gasteiger partial charge on any atom is -0.337 e. The molecular weight excluding hydrogens is 320 g/mol. The molecule has 134 valence electrons. The summed E-state index contributed by atoms with van der Waals surface area (Å²) in [6.45, 7) is 7.11.